The third-order valence-electron chi connectivity index (χ3n) is 1.07. The fourth-order valence-corrected chi connectivity index (χ4v) is 0.618. The molecule has 0 atom stereocenters. The quantitative estimate of drug-likeness (QED) is 0.373. The van der Waals surface area contributed by atoms with Crippen LogP contribution in [0.2, 0.25) is 0 Å². The molecule has 1 radical (unpaired) electrons. The van der Waals surface area contributed by atoms with Crippen LogP contribution >= 0.6 is 0 Å². The molecule has 1 rings (SSSR count). The van der Waals surface area contributed by atoms with Gasteiger partial charge in [-0.2, -0.15) is 0 Å². The van der Waals surface area contributed by atoms with E-state index < -0.39 is 11.6 Å². The van der Waals surface area contributed by atoms with Crippen LogP contribution in [0.5, 0.6) is 0 Å². The van der Waals surface area contributed by atoms with Crippen LogP contribution in [0.3, 0.4) is 0 Å². The highest BCUT2D eigenvalue weighted by atomic mass is 19.1. The Morgan fingerprint density at radius 3 is 2.82 bits per heavy atom. The predicted molar refractivity (Wildman–Crippen MR) is 34.6 cm³/mol. The molecule has 57 valence electrons. The van der Waals surface area contributed by atoms with E-state index in [9.17, 15) is 8.78 Å². The molecular formula is C7H4F2NO. The van der Waals surface area contributed by atoms with E-state index in [0.29, 0.717) is 0 Å². The van der Waals surface area contributed by atoms with Crippen molar-refractivity contribution in [3.05, 3.63) is 35.4 Å². The molecule has 0 saturated heterocycles. The number of hydrogen-bond donors (Lipinski definition) is 1. The second-order valence-electron chi connectivity index (χ2n) is 1.81. The van der Waals surface area contributed by atoms with Crippen LogP contribution in [-0.2, 0) is 0 Å². The van der Waals surface area contributed by atoms with Crippen LogP contribution in [0.4, 0.5) is 8.78 Å². The van der Waals surface area contributed by atoms with Crippen molar-refractivity contribution in [3.63, 3.8) is 0 Å². The summed E-state index contributed by atoms with van der Waals surface area (Å²) >= 11 is 0. The van der Waals surface area contributed by atoms with E-state index in [0.717, 1.165) is 18.3 Å². The maximum Gasteiger partial charge on any atom is 0.132 e. The SMILES string of the molecule is O/N=C\c1[c]c(F)ccc1F. The van der Waals surface area contributed by atoms with Gasteiger partial charge in [0.25, 0.3) is 0 Å². The lowest BCUT2D eigenvalue weighted by Gasteiger charge is -1.92. The van der Waals surface area contributed by atoms with Gasteiger partial charge in [0.1, 0.15) is 11.6 Å². The van der Waals surface area contributed by atoms with Crippen LogP contribution < -0.4 is 0 Å². The van der Waals surface area contributed by atoms with E-state index in [1.165, 1.54) is 0 Å². The van der Waals surface area contributed by atoms with E-state index in [1.807, 2.05) is 6.07 Å². The minimum Gasteiger partial charge on any atom is -0.411 e. The molecule has 0 aliphatic carbocycles. The van der Waals surface area contributed by atoms with Crippen molar-refractivity contribution in [2.45, 2.75) is 0 Å². The molecule has 0 spiro atoms. The average Bonchev–Trinajstić information content (AvgIpc) is 1.98. The van der Waals surface area contributed by atoms with Crippen molar-refractivity contribution in [1.82, 2.24) is 0 Å². The second-order valence-corrected chi connectivity index (χ2v) is 1.81. The molecule has 0 amide bonds. The molecule has 2 nitrogen and oxygen atoms in total. The highest BCUT2D eigenvalue weighted by Crippen LogP contribution is 2.05. The lowest BCUT2D eigenvalue weighted by molar-refractivity contribution is 0.321. The summed E-state index contributed by atoms with van der Waals surface area (Å²) in [5.41, 5.74) is -0.201. The van der Waals surface area contributed by atoms with Gasteiger partial charge in [0.2, 0.25) is 0 Å². The first-order valence-corrected chi connectivity index (χ1v) is 2.79. The highest BCUT2D eigenvalue weighted by Gasteiger charge is 2.00. The number of hydrogen-bond acceptors (Lipinski definition) is 2. The smallest absolute Gasteiger partial charge is 0.132 e. The second kappa shape index (κ2) is 3.09. The number of rotatable bonds is 1. The van der Waals surface area contributed by atoms with Crippen molar-refractivity contribution < 1.29 is 14.0 Å². The molecule has 0 aliphatic heterocycles. The van der Waals surface area contributed by atoms with Crippen LogP contribution in [0.15, 0.2) is 17.3 Å². The Bertz CT molecular complexity index is 286. The summed E-state index contributed by atoms with van der Waals surface area (Å²) in [5.74, 6) is -1.37. The van der Waals surface area contributed by atoms with Gasteiger partial charge in [-0.15, -0.1) is 0 Å². The van der Waals surface area contributed by atoms with Crippen molar-refractivity contribution >= 4 is 6.21 Å². The summed E-state index contributed by atoms with van der Waals surface area (Å²) < 4.78 is 24.9. The third kappa shape index (κ3) is 1.73. The molecular weight excluding hydrogens is 152 g/mol. The molecule has 0 aromatic heterocycles. The molecule has 1 aromatic carbocycles. The average molecular weight is 156 g/mol. The monoisotopic (exact) mass is 156 g/mol. The Balaban J connectivity index is 3.12. The lowest BCUT2D eigenvalue weighted by atomic mass is 10.2. The molecule has 1 aromatic rings. The Hall–Kier alpha value is -1.45. The molecule has 0 unspecified atom stereocenters. The minimum absolute atomic E-state index is 0.201. The van der Waals surface area contributed by atoms with Gasteiger partial charge >= 0.3 is 0 Å². The van der Waals surface area contributed by atoms with E-state index in [2.05, 4.69) is 5.16 Å². The largest absolute Gasteiger partial charge is 0.411 e. The number of benzene rings is 1. The number of oxime groups is 1. The maximum atomic E-state index is 12.6. The zero-order valence-corrected chi connectivity index (χ0v) is 5.38. The summed E-state index contributed by atoms with van der Waals surface area (Å²) in [5, 5.41) is 10.5. The summed E-state index contributed by atoms with van der Waals surface area (Å²) in [6.07, 6.45) is 0.776. The molecule has 4 heteroatoms. The fourth-order valence-electron chi connectivity index (χ4n) is 0.618. The number of halogens is 2. The molecule has 0 fully saturated rings. The van der Waals surface area contributed by atoms with Crippen molar-refractivity contribution in [1.29, 1.82) is 0 Å². The van der Waals surface area contributed by atoms with Gasteiger partial charge in [0.15, 0.2) is 0 Å². The lowest BCUT2D eigenvalue weighted by Crippen LogP contribution is -1.89. The van der Waals surface area contributed by atoms with Gasteiger partial charge in [-0.25, -0.2) is 8.78 Å². The first-order chi connectivity index (χ1) is 5.24. The standard InChI is InChI=1S/C7H4F2NO/c8-6-1-2-7(9)5(3-6)4-10-11/h1-2,4,11H/b10-4-. The Kier molecular flexibility index (Phi) is 2.15. The van der Waals surface area contributed by atoms with Crippen LogP contribution in [0, 0.1) is 17.7 Å². The van der Waals surface area contributed by atoms with E-state index >= 15 is 0 Å². The third-order valence-corrected chi connectivity index (χ3v) is 1.07. The molecule has 1 N–H and O–H groups in total. The molecule has 0 bridgehead atoms. The van der Waals surface area contributed by atoms with Gasteiger partial charge < -0.3 is 5.21 Å². The van der Waals surface area contributed by atoms with E-state index in [4.69, 9.17) is 5.21 Å². The van der Waals surface area contributed by atoms with Crippen LogP contribution in [0.1, 0.15) is 5.56 Å². The molecule has 0 heterocycles. The summed E-state index contributed by atoms with van der Waals surface area (Å²) in [4.78, 5) is 0. The molecule has 11 heavy (non-hydrogen) atoms. The van der Waals surface area contributed by atoms with E-state index in [1.54, 1.807) is 0 Å². The van der Waals surface area contributed by atoms with Crippen LogP contribution in [-0.4, -0.2) is 11.4 Å². The highest BCUT2D eigenvalue weighted by molar-refractivity contribution is 5.78. The molecule has 0 aliphatic rings. The zero-order valence-electron chi connectivity index (χ0n) is 5.38. The Labute approximate surface area is 61.8 Å². The van der Waals surface area contributed by atoms with Gasteiger partial charge in [-0.1, -0.05) is 5.16 Å². The zero-order chi connectivity index (χ0) is 8.27. The Morgan fingerprint density at radius 2 is 2.18 bits per heavy atom. The normalized spacial score (nSPS) is 10.7. The minimum atomic E-state index is -0.693. The van der Waals surface area contributed by atoms with Crippen molar-refractivity contribution in [2.75, 3.05) is 0 Å². The van der Waals surface area contributed by atoms with Gasteiger partial charge in [0.05, 0.1) is 6.21 Å². The summed E-state index contributed by atoms with van der Waals surface area (Å²) in [7, 11) is 0. The first-order valence-electron chi connectivity index (χ1n) is 2.79. The van der Waals surface area contributed by atoms with Gasteiger partial charge in [-0.3, -0.25) is 0 Å². The molecule has 0 saturated carbocycles. The van der Waals surface area contributed by atoms with Gasteiger partial charge in [-0.05, 0) is 12.1 Å². The van der Waals surface area contributed by atoms with E-state index in [-0.39, 0.29) is 5.56 Å². The summed E-state index contributed by atoms with van der Waals surface area (Å²) in [6, 6.07) is 3.89. The topological polar surface area (TPSA) is 32.6 Å². The van der Waals surface area contributed by atoms with Crippen LogP contribution in [0.25, 0.3) is 0 Å². The number of nitrogens with zero attached hydrogens (tertiary/aromatic N) is 1. The Morgan fingerprint density at radius 1 is 1.45 bits per heavy atom. The van der Waals surface area contributed by atoms with Crippen molar-refractivity contribution in [3.8, 4) is 0 Å². The van der Waals surface area contributed by atoms with Crippen molar-refractivity contribution in [2.24, 2.45) is 5.16 Å². The van der Waals surface area contributed by atoms with Gasteiger partial charge in [0, 0.05) is 11.6 Å². The first kappa shape index (κ1) is 7.65. The fraction of sp³-hybridized carbons (Fsp3) is 0. The maximum absolute atomic E-state index is 12.6. The predicted octanol–water partition coefficient (Wildman–Crippen LogP) is 1.57. The summed E-state index contributed by atoms with van der Waals surface area (Å²) in [6.45, 7) is 0.